The molecule has 276 valence electrons. The van der Waals surface area contributed by atoms with Crippen molar-refractivity contribution in [2.75, 3.05) is 0 Å². The Hall–Kier alpha value is -4.99. The summed E-state index contributed by atoms with van der Waals surface area (Å²) in [5, 5.41) is 2.26. The van der Waals surface area contributed by atoms with Gasteiger partial charge in [-0.3, -0.25) is 4.57 Å². The van der Waals surface area contributed by atoms with Crippen LogP contribution in [0.25, 0.3) is 50.0 Å². The molecule has 0 aliphatic heterocycles. The Morgan fingerprint density at radius 2 is 1.26 bits per heavy atom. The van der Waals surface area contributed by atoms with Gasteiger partial charge in [-0.05, 0) is 74.3 Å². The molecule has 0 bridgehead atoms. The van der Waals surface area contributed by atoms with Crippen molar-refractivity contribution < 1.29 is 30.4 Å². The minimum atomic E-state index is -0.0237. The number of pyridine rings is 1. The average molecular weight is 890 g/mol. The Balaban J connectivity index is 0.00000450. The molecule has 0 N–H and O–H groups in total. The number of imidazole rings is 1. The minimum Gasteiger partial charge on any atom is -0.510 e. The third kappa shape index (κ3) is 6.91. The molecule has 0 aliphatic rings. The molecule has 3 aromatic heterocycles. The summed E-state index contributed by atoms with van der Waals surface area (Å²) >= 11 is 0. The maximum atomic E-state index is 6.57. The number of benzene rings is 5. The molecule has 0 atom stereocenters. The first-order chi connectivity index (χ1) is 25.1. The quantitative estimate of drug-likeness (QED) is 0.127. The molecule has 0 fully saturated rings. The molecule has 8 aromatic rings. The molecule has 0 amide bonds. The molecular formula is C48H46N4OPt-2. The van der Waals surface area contributed by atoms with E-state index in [4.69, 9.17) is 9.72 Å². The first-order valence-electron chi connectivity index (χ1n) is 18.4. The second-order valence-electron chi connectivity index (χ2n) is 17.1. The predicted octanol–water partition coefficient (Wildman–Crippen LogP) is 11.5. The maximum absolute atomic E-state index is 6.57. The van der Waals surface area contributed by atoms with Crippen LogP contribution in [0.2, 0.25) is 0 Å². The SMILES string of the molecule is CC(C)(C)c1cccc(-[n+]2[c-]n(-c3[c-]c(Oc4[c-]c5c(cc4)c4ccc(C(C)(C)C)cc4n5-c4cc(C(C)(C)C)ccn4)ccc3)c3ccccc32)c1.[Pt]. The summed E-state index contributed by atoms with van der Waals surface area (Å²) in [6.07, 6.45) is 5.53. The van der Waals surface area contributed by atoms with Gasteiger partial charge in [-0.2, -0.15) is 18.2 Å². The largest absolute Gasteiger partial charge is 0.510 e. The second-order valence-corrected chi connectivity index (χ2v) is 17.1. The summed E-state index contributed by atoms with van der Waals surface area (Å²) in [6, 6.07) is 45.4. The van der Waals surface area contributed by atoms with Crippen LogP contribution in [-0.4, -0.2) is 14.1 Å². The van der Waals surface area contributed by atoms with Crippen LogP contribution >= 0.6 is 0 Å². The van der Waals surface area contributed by atoms with Gasteiger partial charge < -0.3 is 13.9 Å². The fourth-order valence-corrected chi connectivity index (χ4v) is 6.98. The number of aromatic nitrogens is 4. The van der Waals surface area contributed by atoms with Crippen molar-refractivity contribution in [3.8, 4) is 28.7 Å². The van der Waals surface area contributed by atoms with Gasteiger partial charge >= 0.3 is 0 Å². The van der Waals surface area contributed by atoms with Crippen LogP contribution in [0.1, 0.15) is 79.0 Å². The molecule has 0 unspecified atom stereocenters. The van der Waals surface area contributed by atoms with Gasteiger partial charge in [0, 0.05) is 44.3 Å². The Kier molecular flexibility index (Phi) is 9.47. The Morgan fingerprint density at radius 3 is 2.02 bits per heavy atom. The van der Waals surface area contributed by atoms with Gasteiger partial charge in [-0.15, -0.1) is 29.7 Å². The number of hydrogen-bond acceptors (Lipinski definition) is 2. The summed E-state index contributed by atoms with van der Waals surface area (Å²) < 4.78 is 13.0. The van der Waals surface area contributed by atoms with Gasteiger partial charge in [0.2, 0.25) is 0 Å². The summed E-state index contributed by atoms with van der Waals surface area (Å²) in [5.41, 5.74) is 9.76. The van der Waals surface area contributed by atoms with Gasteiger partial charge in [0.15, 0.2) is 0 Å². The van der Waals surface area contributed by atoms with E-state index in [2.05, 4.69) is 179 Å². The normalized spacial score (nSPS) is 12.4. The number of ether oxygens (including phenoxy) is 1. The summed E-state index contributed by atoms with van der Waals surface area (Å²) in [6.45, 7) is 20.2. The summed E-state index contributed by atoms with van der Waals surface area (Å²) in [7, 11) is 0. The standard InChI is InChI=1S/C48H46N4O.Pt/c1-46(2,3)32-14-12-15-35(26-32)50-31-51(42-19-11-10-18-41(42)50)36-16-13-17-37(29-36)53-38-21-23-40-39-22-20-33(47(4,5)6)27-43(39)52(44(40)30-38)45-28-34(24-25-49-45)48(7,8)9;/h10-28H,1-9H3;/q-2;. The molecule has 54 heavy (non-hydrogen) atoms. The zero-order valence-corrected chi connectivity index (χ0v) is 34.8. The molecule has 3 heterocycles. The van der Waals surface area contributed by atoms with E-state index in [1.54, 1.807) is 0 Å². The molecule has 0 saturated carbocycles. The number of fused-ring (bicyclic) bond motifs is 4. The maximum Gasteiger partial charge on any atom is 0.268 e. The number of hydrogen-bond donors (Lipinski definition) is 0. The van der Waals surface area contributed by atoms with Gasteiger partial charge in [0.25, 0.3) is 6.33 Å². The van der Waals surface area contributed by atoms with Crippen LogP contribution in [0.4, 0.5) is 0 Å². The van der Waals surface area contributed by atoms with E-state index >= 15 is 0 Å². The molecule has 8 rings (SSSR count). The van der Waals surface area contributed by atoms with Gasteiger partial charge in [0.05, 0.1) is 16.7 Å². The average Bonchev–Trinajstić information content (AvgIpc) is 3.66. The molecule has 0 saturated heterocycles. The van der Waals surface area contributed by atoms with Gasteiger partial charge in [-0.25, -0.2) is 4.98 Å². The van der Waals surface area contributed by atoms with Crippen LogP contribution in [0.15, 0.2) is 115 Å². The van der Waals surface area contributed by atoms with Crippen molar-refractivity contribution in [3.05, 3.63) is 151 Å². The van der Waals surface area contributed by atoms with E-state index in [1.807, 2.05) is 30.5 Å². The Bertz CT molecular complexity index is 2660. The zero-order chi connectivity index (χ0) is 37.3. The van der Waals surface area contributed by atoms with E-state index in [0.29, 0.717) is 11.5 Å². The van der Waals surface area contributed by atoms with Gasteiger partial charge in [0.1, 0.15) is 5.82 Å². The van der Waals surface area contributed by atoms with E-state index in [0.717, 1.165) is 50.0 Å². The Labute approximate surface area is 333 Å². The van der Waals surface area contributed by atoms with Crippen molar-refractivity contribution in [3.63, 3.8) is 0 Å². The first-order valence-corrected chi connectivity index (χ1v) is 18.4. The van der Waals surface area contributed by atoms with E-state index in [1.165, 1.54) is 16.7 Å². The molecule has 0 spiro atoms. The number of para-hydroxylation sites is 2. The van der Waals surface area contributed by atoms with E-state index in [-0.39, 0.29) is 37.3 Å². The molecule has 5 nitrogen and oxygen atoms in total. The topological polar surface area (TPSA) is 35.9 Å². The van der Waals surface area contributed by atoms with E-state index < -0.39 is 0 Å². The monoisotopic (exact) mass is 889 g/mol. The number of nitrogens with zero attached hydrogens (tertiary/aromatic N) is 4. The third-order valence-corrected chi connectivity index (χ3v) is 10.1. The van der Waals surface area contributed by atoms with Crippen LogP contribution in [-0.2, 0) is 37.3 Å². The van der Waals surface area contributed by atoms with Crippen LogP contribution in [0.3, 0.4) is 0 Å². The van der Waals surface area contributed by atoms with Crippen molar-refractivity contribution in [2.24, 2.45) is 0 Å². The molecule has 6 heteroatoms. The van der Waals surface area contributed by atoms with Crippen molar-refractivity contribution in [1.82, 2.24) is 14.1 Å². The van der Waals surface area contributed by atoms with Crippen LogP contribution in [0.5, 0.6) is 11.5 Å². The zero-order valence-electron chi connectivity index (χ0n) is 32.5. The third-order valence-electron chi connectivity index (χ3n) is 10.1. The molecular weight excluding hydrogens is 844 g/mol. The fourth-order valence-electron chi connectivity index (χ4n) is 6.98. The minimum absolute atomic E-state index is 0. The molecule has 0 aliphatic carbocycles. The van der Waals surface area contributed by atoms with E-state index in [9.17, 15) is 0 Å². The summed E-state index contributed by atoms with van der Waals surface area (Å²) in [5.74, 6) is 2.06. The smallest absolute Gasteiger partial charge is 0.268 e. The summed E-state index contributed by atoms with van der Waals surface area (Å²) in [4.78, 5) is 4.90. The van der Waals surface area contributed by atoms with Crippen molar-refractivity contribution in [2.45, 2.75) is 78.6 Å². The second kappa shape index (κ2) is 13.7. The van der Waals surface area contributed by atoms with Crippen LogP contribution in [0, 0.1) is 18.5 Å². The van der Waals surface area contributed by atoms with Crippen molar-refractivity contribution >= 4 is 32.8 Å². The predicted molar refractivity (Wildman–Crippen MR) is 216 cm³/mol. The van der Waals surface area contributed by atoms with Gasteiger partial charge in [-0.1, -0.05) is 116 Å². The van der Waals surface area contributed by atoms with Crippen molar-refractivity contribution in [1.29, 1.82) is 0 Å². The van der Waals surface area contributed by atoms with Crippen LogP contribution < -0.4 is 9.30 Å². The number of rotatable bonds is 5. The first kappa shape index (κ1) is 37.3. The molecule has 0 radical (unpaired) electrons. The fraction of sp³-hybridized carbons (Fsp3) is 0.250. The molecule has 5 aromatic carbocycles. The Morgan fingerprint density at radius 1 is 0.593 bits per heavy atom.